The van der Waals surface area contributed by atoms with Crippen LogP contribution in [0.4, 0.5) is 0 Å². The molecule has 0 radical (unpaired) electrons. The van der Waals surface area contributed by atoms with Crippen LogP contribution in [-0.2, 0) is 25.6 Å². The highest BCUT2D eigenvalue weighted by molar-refractivity contribution is 7.98. The van der Waals surface area contributed by atoms with Crippen molar-refractivity contribution in [2.75, 3.05) is 5.75 Å². The molecule has 1 aliphatic rings. The molecule has 1 aliphatic heterocycles. The van der Waals surface area contributed by atoms with Gasteiger partial charge >= 0.3 is 0 Å². The van der Waals surface area contributed by atoms with Crippen LogP contribution in [0.1, 0.15) is 23.9 Å². The van der Waals surface area contributed by atoms with Gasteiger partial charge in [0.15, 0.2) is 0 Å². The third-order valence-corrected chi connectivity index (χ3v) is 3.41. The SMILES string of the molecule is CCc1nn(C)c2c1CSCC2. The predicted molar refractivity (Wildman–Crippen MR) is 52.5 cm³/mol. The molecule has 2 heterocycles. The van der Waals surface area contributed by atoms with E-state index in [0.29, 0.717) is 0 Å². The van der Waals surface area contributed by atoms with Crippen molar-refractivity contribution in [2.24, 2.45) is 7.05 Å². The molecule has 66 valence electrons. The zero-order valence-corrected chi connectivity index (χ0v) is 8.45. The smallest absolute Gasteiger partial charge is 0.0665 e. The second kappa shape index (κ2) is 3.13. The minimum absolute atomic E-state index is 1.07. The van der Waals surface area contributed by atoms with Gasteiger partial charge in [-0.15, -0.1) is 0 Å². The fraction of sp³-hybridized carbons (Fsp3) is 0.667. The van der Waals surface area contributed by atoms with Crippen LogP contribution in [0.25, 0.3) is 0 Å². The number of rotatable bonds is 1. The monoisotopic (exact) mass is 182 g/mol. The highest BCUT2D eigenvalue weighted by Gasteiger charge is 2.17. The van der Waals surface area contributed by atoms with Crippen molar-refractivity contribution >= 4 is 11.8 Å². The predicted octanol–water partition coefficient (Wildman–Crippen LogP) is 1.77. The van der Waals surface area contributed by atoms with Crippen molar-refractivity contribution in [1.82, 2.24) is 9.78 Å². The molecule has 0 unspecified atom stereocenters. The minimum atomic E-state index is 1.07. The van der Waals surface area contributed by atoms with Crippen molar-refractivity contribution in [3.05, 3.63) is 17.0 Å². The molecular weight excluding hydrogens is 168 g/mol. The van der Waals surface area contributed by atoms with E-state index in [9.17, 15) is 0 Å². The van der Waals surface area contributed by atoms with Gasteiger partial charge in [-0.2, -0.15) is 16.9 Å². The van der Waals surface area contributed by atoms with Crippen LogP contribution >= 0.6 is 11.8 Å². The molecule has 0 spiro atoms. The standard InChI is InChI=1S/C9H14N2S/c1-3-8-7-6-12-5-4-9(7)11(2)10-8/h3-6H2,1-2H3. The number of hydrogen-bond donors (Lipinski definition) is 0. The van der Waals surface area contributed by atoms with Crippen LogP contribution in [0.3, 0.4) is 0 Å². The molecule has 3 heteroatoms. The van der Waals surface area contributed by atoms with Gasteiger partial charge in [0, 0.05) is 24.1 Å². The van der Waals surface area contributed by atoms with Crippen LogP contribution < -0.4 is 0 Å². The Morgan fingerprint density at radius 2 is 2.42 bits per heavy atom. The molecule has 0 bridgehead atoms. The van der Waals surface area contributed by atoms with E-state index in [-0.39, 0.29) is 0 Å². The maximum atomic E-state index is 4.51. The molecule has 0 N–H and O–H groups in total. The van der Waals surface area contributed by atoms with E-state index in [1.807, 2.05) is 11.8 Å². The van der Waals surface area contributed by atoms with Crippen molar-refractivity contribution < 1.29 is 0 Å². The van der Waals surface area contributed by atoms with Gasteiger partial charge in [0.25, 0.3) is 0 Å². The fourth-order valence-electron chi connectivity index (χ4n) is 1.77. The van der Waals surface area contributed by atoms with E-state index in [0.717, 1.165) is 6.42 Å². The van der Waals surface area contributed by atoms with Crippen LogP contribution in [0.15, 0.2) is 0 Å². The van der Waals surface area contributed by atoms with Gasteiger partial charge in [-0.25, -0.2) is 0 Å². The molecule has 2 nitrogen and oxygen atoms in total. The third kappa shape index (κ3) is 1.16. The fourth-order valence-corrected chi connectivity index (χ4v) is 2.79. The average Bonchev–Trinajstić information content (AvgIpc) is 2.44. The molecule has 0 aliphatic carbocycles. The highest BCUT2D eigenvalue weighted by atomic mass is 32.2. The molecule has 12 heavy (non-hydrogen) atoms. The Morgan fingerprint density at radius 1 is 1.58 bits per heavy atom. The molecule has 0 fully saturated rings. The number of aryl methyl sites for hydroxylation is 2. The Hall–Kier alpha value is -0.440. The summed E-state index contributed by atoms with van der Waals surface area (Å²) in [6, 6.07) is 0. The summed E-state index contributed by atoms with van der Waals surface area (Å²) < 4.78 is 2.06. The quantitative estimate of drug-likeness (QED) is 0.659. The Bertz CT molecular complexity index is 291. The molecular formula is C9H14N2S. The van der Waals surface area contributed by atoms with Gasteiger partial charge in [-0.3, -0.25) is 4.68 Å². The lowest BCUT2D eigenvalue weighted by Gasteiger charge is -2.11. The minimum Gasteiger partial charge on any atom is -0.272 e. The number of hydrogen-bond acceptors (Lipinski definition) is 2. The van der Waals surface area contributed by atoms with Crippen molar-refractivity contribution in [1.29, 1.82) is 0 Å². The Labute approximate surface area is 77.3 Å². The van der Waals surface area contributed by atoms with E-state index >= 15 is 0 Å². The third-order valence-electron chi connectivity index (χ3n) is 2.42. The summed E-state index contributed by atoms with van der Waals surface area (Å²) >= 11 is 2.03. The Kier molecular flexibility index (Phi) is 2.13. The first-order chi connectivity index (χ1) is 5.83. The van der Waals surface area contributed by atoms with Crippen molar-refractivity contribution in [2.45, 2.75) is 25.5 Å². The molecule has 0 aromatic carbocycles. The summed E-state index contributed by atoms with van der Waals surface area (Å²) in [7, 11) is 2.06. The first-order valence-electron chi connectivity index (χ1n) is 4.44. The maximum Gasteiger partial charge on any atom is 0.0665 e. The van der Waals surface area contributed by atoms with Crippen LogP contribution in [0.2, 0.25) is 0 Å². The van der Waals surface area contributed by atoms with Crippen molar-refractivity contribution in [3.63, 3.8) is 0 Å². The van der Waals surface area contributed by atoms with Crippen molar-refractivity contribution in [3.8, 4) is 0 Å². The van der Waals surface area contributed by atoms with Crippen LogP contribution in [0, 0.1) is 0 Å². The van der Waals surface area contributed by atoms with Crippen LogP contribution in [0.5, 0.6) is 0 Å². The zero-order valence-electron chi connectivity index (χ0n) is 7.63. The number of aromatic nitrogens is 2. The number of thioether (sulfide) groups is 1. The lowest BCUT2D eigenvalue weighted by molar-refractivity contribution is 0.704. The van der Waals surface area contributed by atoms with E-state index in [4.69, 9.17) is 0 Å². The molecule has 1 aromatic rings. The summed E-state index contributed by atoms with van der Waals surface area (Å²) in [5, 5.41) is 4.51. The number of fused-ring (bicyclic) bond motifs is 1. The first-order valence-corrected chi connectivity index (χ1v) is 5.59. The van der Waals surface area contributed by atoms with Crippen LogP contribution in [-0.4, -0.2) is 15.5 Å². The maximum absolute atomic E-state index is 4.51. The molecule has 2 rings (SSSR count). The topological polar surface area (TPSA) is 17.8 Å². The summed E-state index contributed by atoms with van der Waals surface area (Å²) in [5.41, 5.74) is 4.28. The largest absolute Gasteiger partial charge is 0.272 e. The highest BCUT2D eigenvalue weighted by Crippen LogP contribution is 2.26. The normalized spacial score (nSPS) is 16.2. The molecule has 0 saturated heterocycles. The molecule has 0 atom stereocenters. The van der Waals surface area contributed by atoms with Gasteiger partial charge in [-0.05, 0) is 18.6 Å². The van der Waals surface area contributed by atoms with E-state index in [1.54, 1.807) is 0 Å². The van der Waals surface area contributed by atoms with Gasteiger partial charge in [0.1, 0.15) is 0 Å². The molecule has 1 aromatic heterocycles. The molecule has 0 saturated carbocycles. The Morgan fingerprint density at radius 3 is 3.17 bits per heavy atom. The van der Waals surface area contributed by atoms with E-state index in [1.165, 1.54) is 34.9 Å². The first kappa shape index (κ1) is 8.17. The summed E-state index contributed by atoms with van der Waals surface area (Å²) in [6.45, 7) is 2.18. The van der Waals surface area contributed by atoms with E-state index in [2.05, 4.69) is 23.8 Å². The summed E-state index contributed by atoms with van der Waals surface area (Å²) in [4.78, 5) is 0. The second-order valence-corrected chi connectivity index (χ2v) is 4.26. The van der Waals surface area contributed by atoms with Gasteiger partial charge in [0.05, 0.1) is 5.69 Å². The lowest BCUT2D eigenvalue weighted by Crippen LogP contribution is -2.06. The van der Waals surface area contributed by atoms with E-state index < -0.39 is 0 Å². The van der Waals surface area contributed by atoms with Gasteiger partial charge < -0.3 is 0 Å². The zero-order chi connectivity index (χ0) is 8.55. The lowest BCUT2D eigenvalue weighted by atomic mass is 10.1. The number of nitrogens with zero attached hydrogens (tertiary/aromatic N) is 2. The molecule has 0 amide bonds. The summed E-state index contributed by atoms with van der Waals surface area (Å²) in [6.07, 6.45) is 2.27. The average molecular weight is 182 g/mol. The van der Waals surface area contributed by atoms with Gasteiger partial charge in [-0.1, -0.05) is 6.92 Å². The Balaban J connectivity index is 2.47. The van der Waals surface area contributed by atoms with Gasteiger partial charge in [0.2, 0.25) is 0 Å². The second-order valence-electron chi connectivity index (χ2n) is 3.15. The summed E-state index contributed by atoms with van der Waals surface area (Å²) in [5.74, 6) is 2.43.